The lowest BCUT2D eigenvalue weighted by Crippen LogP contribution is -2.25. The van der Waals surface area contributed by atoms with Crippen LogP contribution in [-0.4, -0.2) is 25.1 Å². The average molecular weight is 287 g/mol. The Balaban J connectivity index is 1.53. The van der Waals surface area contributed by atoms with Crippen LogP contribution in [0.15, 0.2) is 29.1 Å². The molecule has 0 unspecified atom stereocenters. The lowest BCUT2D eigenvalue weighted by Gasteiger charge is -2.27. The summed E-state index contributed by atoms with van der Waals surface area (Å²) in [4.78, 5) is 6.66. The van der Waals surface area contributed by atoms with Gasteiger partial charge in [0.2, 0.25) is 0 Å². The predicted molar refractivity (Wildman–Crippen MR) is 85.6 cm³/mol. The van der Waals surface area contributed by atoms with Gasteiger partial charge < -0.3 is 10.2 Å². The molecule has 1 aromatic heterocycles. The summed E-state index contributed by atoms with van der Waals surface area (Å²) in [6, 6.07) is 6.88. The Labute approximate surface area is 124 Å². The van der Waals surface area contributed by atoms with Crippen molar-refractivity contribution in [2.45, 2.75) is 25.8 Å². The Kier molecular flexibility index (Phi) is 4.33. The SMILES string of the molecule is CN1CCCc2cc(CNCCc3cscn3)ccc21. The van der Waals surface area contributed by atoms with Crippen molar-refractivity contribution in [3.63, 3.8) is 0 Å². The maximum atomic E-state index is 4.30. The van der Waals surface area contributed by atoms with E-state index in [4.69, 9.17) is 0 Å². The number of nitrogens with zero attached hydrogens (tertiary/aromatic N) is 2. The second-order valence-corrected chi connectivity index (χ2v) is 6.11. The van der Waals surface area contributed by atoms with Crippen molar-refractivity contribution in [1.29, 1.82) is 0 Å². The standard InChI is InChI=1S/C16H21N3S/c1-19-8-2-3-14-9-13(4-5-16(14)19)10-17-7-6-15-11-20-12-18-15/h4-5,9,11-12,17H,2-3,6-8,10H2,1H3. The second kappa shape index (κ2) is 6.37. The van der Waals surface area contributed by atoms with Gasteiger partial charge in [-0.2, -0.15) is 0 Å². The molecule has 1 N–H and O–H groups in total. The summed E-state index contributed by atoms with van der Waals surface area (Å²) >= 11 is 1.67. The number of rotatable bonds is 5. The molecule has 0 bridgehead atoms. The van der Waals surface area contributed by atoms with Crippen molar-refractivity contribution >= 4 is 17.0 Å². The number of anilines is 1. The van der Waals surface area contributed by atoms with Crippen LogP contribution in [0.3, 0.4) is 0 Å². The van der Waals surface area contributed by atoms with Crippen LogP contribution in [-0.2, 0) is 19.4 Å². The van der Waals surface area contributed by atoms with Gasteiger partial charge in [-0.25, -0.2) is 4.98 Å². The van der Waals surface area contributed by atoms with E-state index in [9.17, 15) is 0 Å². The molecule has 2 heterocycles. The number of nitrogens with one attached hydrogen (secondary N) is 1. The number of benzene rings is 1. The topological polar surface area (TPSA) is 28.2 Å². The van der Waals surface area contributed by atoms with Crippen LogP contribution in [0.2, 0.25) is 0 Å². The van der Waals surface area contributed by atoms with Crippen LogP contribution in [0, 0.1) is 0 Å². The van der Waals surface area contributed by atoms with Crippen LogP contribution in [0.25, 0.3) is 0 Å². The second-order valence-electron chi connectivity index (χ2n) is 5.39. The van der Waals surface area contributed by atoms with E-state index in [2.05, 4.69) is 45.8 Å². The van der Waals surface area contributed by atoms with E-state index < -0.39 is 0 Å². The number of aryl methyl sites for hydroxylation is 1. The van der Waals surface area contributed by atoms with Crippen molar-refractivity contribution in [2.24, 2.45) is 0 Å². The number of thiazole rings is 1. The van der Waals surface area contributed by atoms with Crippen LogP contribution < -0.4 is 10.2 Å². The predicted octanol–water partition coefficient (Wildman–Crippen LogP) is 2.86. The van der Waals surface area contributed by atoms with E-state index in [1.165, 1.54) is 41.9 Å². The van der Waals surface area contributed by atoms with Crippen LogP contribution in [0.5, 0.6) is 0 Å². The van der Waals surface area contributed by atoms with E-state index in [1.54, 1.807) is 11.3 Å². The molecular weight excluding hydrogens is 266 g/mol. The molecule has 106 valence electrons. The fraction of sp³-hybridized carbons (Fsp3) is 0.438. The summed E-state index contributed by atoms with van der Waals surface area (Å²) < 4.78 is 0. The highest BCUT2D eigenvalue weighted by atomic mass is 32.1. The van der Waals surface area contributed by atoms with E-state index in [0.717, 1.165) is 19.5 Å². The largest absolute Gasteiger partial charge is 0.374 e. The molecule has 0 fully saturated rings. The minimum Gasteiger partial charge on any atom is -0.374 e. The van der Waals surface area contributed by atoms with Crippen molar-refractivity contribution in [1.82, 2.24) is 10.3 Å². The van der Waals surface area contributed by atoms with Crippen LogP contribution in [0.1, 0.15) is 23.2 Å². The highest BCUT2D eigenvalue weighted by Crippen LogP contribution is 2.26. The molecule has 0 atom stereocenters. The Hall–Kier alpha value is -1.39. The third kappa shape index (κ3) is 3.19. The molecule has 0 saturated heterocycles. The summed E-state index contributed by atoms with van der Waals surface area (Å²) in [7, 11) is 2.18. The lowest BCUT2D eigenvalue weighted by atomic mass is 9.99. The summed E-state index contributed by atoms with van der Waals surface area (Å²) in [6.45, 7) is 3.11. The molecule has 3 rings (SSSR count). The highest BCUT2D eigenvalue weighted by molar-refractivity contribution is 7.07. The third-order valence-electron chi connectivity index (χ3n) is 3.87. The molecule has 0 saturated carbocycles. The van der Waals surface area contributed by atoms with E-state index >= 15 is 0 Å². The first kappa shape index (κ1) is 13.6. The van der Waals surface area contributed by atoms with Gasteiger partial charge in [-0.15, -0.1) is 11.3 Å². The smallest absolute Gasteiger partial charge is 0.0794 e. The Morgan fingerprint density at radius 3 is 3.20 bits per heavy atom. The molecule has 3 nitrogen and oxygen atoms in total. The molecule has 20 heavy (non-hydrogen) atoms. The zero-order valence-electron chi connectivity index (χ0n) is 11.9. The van der Waals surface area contributed by atoms with Crippen molar-refractivity contribution in [3.05, 3.63) is 45.9 Å². The van der Waals surface area contributed by atoms with Gasteiger partial charge in [0.1, 0.15) is 0 Å². The van der Waals surface area contributed by atoms with Gasteiger partial charge in [-0.3, -0.25) is 0 Å². The zero-order chi connectivity index (χ0) is 13.8. The van der Waals surface area contributed by atoms with Crippen molar-refractivity contribution in [3.8, 4) is 0 Å². The molecule has 1 aromatic carbocycles. The van der Waals surface area contributed by atoms with Crippen molar-refractivity contribution < 1.29 is 0 Å². The normalized spacial score (nSPS) is 14.3. The fourth-order valence-electron chi connectivity index (χ4n) is 2.76. The lowest BCUT2D eigenvalue weighted by molar-refractivity contribution is 0.678. The molecule has 1 aliphatic rings. The summed E-state index contributed by atoms with van der Waals surface area (Å²) in [5.41, 5.74) is 7.38. The molecule has 0 spiro atoms. The molecular formula is C16H21N3S. The van der Waals surface area contributed by atoms with Gasteiger partial charge in [0.05, 0.1) is 11.2 Å². The van der Waals surface area contributed by atoms with Gasteiger partial charge in [-0.05, 0) is 30.0 Å². The minimum absolute atomic E-state index is 0.946. The molecule has 0 amide bonds. The molecule has 0 aliphatic carbocycles. The van der Waals surface area contributed by atoms with E-state index in [-0.39, 0.29) is 0 Å². The molecule has 2 aromatic rings. The first-order valence-corrected chi connectivity index (χ1v) is 8.18. The summed E-state index contributed by atoms with van der Waals surface area (Å²) in [6.07, 6.45) is 3.49. The molecule has 4 heteroatoms. The van der Waals surface area contributed by atoms with Gasteiger partial charge in [-0.1, -0.05) is 12.1 Å². The average Bonchev–Trinajstić information content (AvgIpc) is 2.97. The Morgan fingerprint density at radius 2 is 2.35 bits per heavy atom. The van der Waals surface area contributed by atoms with Gasteiger partial charge in [0.25, 0.3) is 0 Å². The first-order valence-electron chi connectivity index (χ1n) is 7.23. The number of aromatic nitrogens is 1. The Morgan fingerprint density at radius 1 is 1.40 bits per heavy atom. The summed E-state index contributed by atoms with van der Waals surface area (Å²) in [5, 5.41) is 5.63. The maximum Gasteiger partial charge on any atom is 0.0794 e. The summed E-state index contributed by atoms with van der Waals surface area (Å²) in [5.74, 6) is 0. The number of hydrogen-bond donors (Lipinski definition) is 1. The Bertz CT molecular complexity index is 551. The van der Waals surface area contributed by atoms with Gasteiger partial charge >= 0.3 is 0 Å². The van der Waals surface area contributed by atoms with Crippen molar-refractivity contribution in [2.75, 3.05) is 25.0 Å². The van der Waals surface area contributed by atoms with Gasteiger partial charge in [0.15, 0.2) is 0 Å². The van der Waals surface area contributed by atoms with E-state index in [0.29, 0.717) is 0 Å². The quantitative estimate of drug-likeness (QED) is 0.857. The first-order chi connectivity index (χ1) is 9.83. The van der Waals surface area contributed by atoms with Gasteiger partial charge in [0, 0.05) is 44.2 Å². The number of hydrogen-bond acceptors (Lipinski definition) is 4. The number of fused-ring (bicyclic) bond motifs is 1. The van der Waals surface area contributed by atoms with E-state index in [1.807, 2.05) is 5.51 Å². The third-order valence-corrected chi connectivity index (χ3v) is 4.50. The molecule has 0 radical (unpaired) electrons. The molecule has 1 aliphatic heterocycles. The highest BCUT2D eigenvalue weighted by Gasteiger charge is 2.13. The monoisotopic (exact) mass is 287 g/mol. The minimum atomic E-state index is 0.946. The van der Waals surface area contributed by atoms with Crippen LogP contribution >= 0.6 is 11.3 Å². The maximum absolute atomic E-state index is 4.30. The zero-order valence-corrected chi connectivity index (χ0v) is 12.7. The fourth-order valence-corrected chi connectivity index (χ4v) is 3.35. The van der Waals surface area contributed by atoms with Crippen LogP contribution in [0.4, 0.5) is 5.69 Å².